The second-order valence-electron chi connectivity index (χ2n) is 5.13. The van der Waals surface area contributed by atoms with Gasteiger partial charge < -0.3 is 10.5 Å². The van der Waals surface area contributed by atoms with Crippen molar-refractivity contribution < 1.29 is 4.74 Å². The maximum Gasteiger partial charge on any atom is 0.119 e. The maximum atomic E-state index is 5.76. The number of nitrogens with two attached hydrogens (primary N) is 1. The maximum absolute atomic E-state index is 5.76. The van der Waals surface area contributed by atoms with Crippen molar-refractivity contribution >= 4 is 5.69 Å². The predicted molar refractivity (Wildman–Crippen MR) is 86.5 cm³/mol. The lowest BCUT2D eigenvalue weighted by Gasteiger charge is -2.09. The number of rotatable bonds is 5. The number of hydrogen-bond donors (Lipinski definition) is 1. The van der Waals surface area contributed by atoms with Crippen LogP contribution in [0.1, 0.15) is 5.56 Å². The molecule has 0 unspecified atom stereocenters. The first-order valence-electron chi connectivity index (χ1n) is 7.16. The van der Waals surface area contributed by atoms with Crippen LogP contribution in [0.25, 0.3) is 11.3 Å². The van der Waals surface area contributed by atoms with E-state index in [0.29, 0.717) is 13.2 Å². The molecule has 0 saturated heterocycles. The summed E-state index contributed by atoms with van der Waals surface area (Å²) in [6.45, 7) is 3.21. The molecule has 5 nitrogen and oxygen atoms in total. The lowest BCUT2D eigenvalue weighted by molar-refractivity contribution is 0.290. The zero-order valence-corrected chi connectivity index (χ0v) is 12.4. The Hall–Kier alpha value is -2.82. The smallest absolute Gasteiger partial charge is 0.119 e. The molecule has 22 heavy (non-hydrogen) atoms. The Morgan fingerprint density at radius 2 is 1.95 bits per heavy atom. The van der Waals surface area contributed by atoms with Crippen molar-refractivity contribution in [2.24, 2.45) is 0 Å². The molecule has 3 aromatic rings. The van der Waals surface area contributed by atoms with Gasteiger partial charge in [0.05, 0.1) is 18.4 Å². The Bertz CT molecular complexity index is 749. The molecule has 0 aliphatic carbocycles. The fourth-order valence-corrected chi connectivity index (χ4v) is 2.26. The van der Waals surface area contributed by atoms with E-state index in [1.165, 1.54) is 5.56 Å². The molecule has 0 amide bonds. The van der Waals surface area contributed by atoms with Gasteiger partial charge in [-0.3, -0.25) is 0 Å². The number of nitrogens with zero attached hydrogens (tertiary/aromatic N) is 3. The molecule has 0 aliphatic heterocycles. The Balaban J connectivity index is 1.66. The third-order valence-electron chi connectivity index (χ3n) is 3.39. The monoisotopic (exact) mass is 294 g/mol. The van der Waals surface area contributed by atoms with Gasteiger partial charge in [-0.1, -0.05) is 29.5 Å². The van der Waals surface area contributed by atoms with E-state index in [4.69, 9.17) is 10.5 Å². The molecule has 0 bridgehead atoms. The van der Waals surface area contributed by atoms with Crippen molar-refractivity contribution in [3.8, 4) is 17.0 Å². The summed E-state index contributed by atoms with van der Waals surface area (Å²) in [5.41, 5.74) is 9.63. The molecule has 0 fully saturated rings. The van der Waals surface area contributed by atoms with Crippen LogP contribution in [0.4, 0.5) is 5.69 Å². The molecule has 0 aliphatic rings. The fourth-order valence-electron chi connectivity index (χ4n) is 2.26. The van der Waals surface area contributed by atoms with Crippen molar-refractivity contribution in [3.63, 3.8) is 0 Å². The number of nitrogen functional groups attached to an aromatic ring is 1. The Morgan fingerprint density at radius 1 is 1.14 bits per heavy atom. The summed E-state index contributed by atoms with van der Waals surface area (Å²) in [7, 11) is 0. The summed E-state index contributed by atoms with van der Waals surface area (Å²) in [4.78, 5) is 0. The molecular weight excluding hydrogens is 276 g/mol. The lowest BCUT2D eigenvalue weighted by Crippen LogP contribution is -2.11. The zero-order valence-electron chi connectivity index (χ0n) is 12.4. The van der Waals surface area contributed by atoms with E-state index in [2.05, 4.69) is 10.3 Å². The van der Waals surface area contributed by atoms with Crippen LogP contribution in [0.15, 0.2) is 54.7 Å². The summed E-state index contributed by atoms with van der Waals surface area (Å²) >= 11 is 0. The molecule has 2 aromatic carbocycles. The second kappa shape index (κ2) is 6.30. The fraction of sp³-hybridized carbons (Fsp3) is 0.176. The van der Waals surface area contributed by atoms with Crippen molar-refractivity contribution in [1.29, 1.82) is 0 Å². The first-order valence-corrected chi connectivity index (χ1v) is 7.16. The molecule has 5 heteroatoms. The van der Waals surface area contributed by atoms with Crippen molar-refractivity contribution in [2.75, 3.05) is 12.3 Å². The van der Waals surface area contributed by atoms with Crippen LogP contribution >= 0.6 is 0 Å². The van der Waals surface area contributed by atoms with Crippen LogP contribution in [-0.2, 0) is 6.54 Å². The lowest BCUT2D eigenvalue weighted by atomic mass is 10.1. The highest BCUT2D eigenvalue weighted by atomic mass is 16.5. The van der Waals surface area contributed by atoms with E-state index < -0.39 is 0 Å². The number of hydrogen-bond acceptors (Lipinski definition) is 4. The van der Waals surface area contributed by atoms with Crippen LogP contribution in [0.5, 0.6) is 5.75 Å². The molecule has 2 N–H and O–H groups in total. The summed E-state index contributed by atoms with van der Waals surface area (Å²) in [5.74, 6) is 0.870. The van der Waals surface area contributed by atoms with Crippen LogP contribution < -0.4 is 10.5 Å². The molecule has 0 saturated carbocycles. The second-order valence-corrected chi connectivity index (χ2v) is 5.13. The van der Waals surface area contributed by atoms with Crippen LogP contribution in [0.2, 0.25) is 0 Å². The molecule has 3 rings (SSSR count). The van der Waals surface area contributed by atoms with Gasteiger partial charge in [0.2, 0.25) is 0 Å². The third kappa shape index (κ3) is 3.25. The predicted octanol–water partition coefficient (Wildman–Crippen LogP) is 2.91. The van der Waals surface area contributed by atoms with Gasteiger partial charge in [-0.25, -0.2) is 4.68 Å². The van der Waals surface area contributed by atoms with E-state index in [1.807, 2.05) is 60.1 Å². The number of benzene rings is 2. The van der Waals surface area contributed by atoms with Gasteiger partial charge in [-0.05, 0) is 36.8 Å². The number of aryl methyl sites for hydroxylation is 1. The van der Waals surface area contributed by atoms with Crippen molar-refractivity contribution in [1.82, 2.24) is 15.0 Å². The van der Waals surface area contributed by atoms with Crippen molar-refractivity contribution in [2.45, 2.75) is 13.5 Å². The Labute approximate surface area is 129 Å². The molecule has 0 atom stereocenters. The van der Waals surface area contributed by atoms with Crippen LogP contribution in [0.3, 0.4) is 0 Å². The molecular formula is C17H18N4O. The van der Waals surface area contributed by atoms with E-state index in [1.54, 1.807) is 6.20 Å². The van der Waals surface area contributed by atoms with Crippen molar-refractivity contribution in [3.05, 3.63) is 60.3 Å². The molecule has 1 aromatic heterocycles. The summed E-state index contributed by atoms with van der Waals surface area (Å²) in [6, 6.07) is 15.7. The average Bonchev–Trinajstić information content (AvgIpc) is 2.97. The summed E-state index contributed by atoms with van der Waals surface area (Å²) < 4.78 is 7.60. The summed E-state index contributed by atoms with van der Waals surface area (Å²) in [5, 5.41) is 8.11. The minimum absolute atomic E-state index is 0.536. The van der Waals surface area contributed by atoms with Gasteiger partial charge >= 0.3 is 0 Å². The third-order valence-corrected chi connectivity index (χ3v) is 3.39. The van der Waals surface area contributed by atoms with Gasteiger partial charge in [0, 0.05) is 11.3 Å². The van der Waals surface area contributed by atoms with Gasteiger partial charge in [-0.2, -0.15) is 0 Å². The molecule has 1 heterocycles. The number of anilines is 1. The minimum atomic E-state index is 0.536. The van der Waals surface area contributed by atoms with Gasteiger partial charge in [-0.15, -0.1) is 5.10 Å². The standard InChI is InChI=1S/C17H18N4O/c1-13-3-2-4-16(11-13)22-10-9-21-17(12-19-20-21)14-5-7-15(18)8-6-14/h2-8,11-12H,9-10,18H2,1H3. The highest BCUT2D eigenvalue weighted by molar-refractivity contribution is 5.61. The van der Waals surface area contributed by atoms with E-state index in [0.717, 1.165) is 22.7 Å². The van der Waals surface area contributed by atoms with Gasteiger partial charge in [0.15, 0.2) is 0 Å². The van der Waals surface area contributed by atoms with Crippen LogP contribution in [-0.4, -0.2) is 21.6 Å². The molecule has 112 valence electrons. The molecule has 0 radical (unpaired) electrons. The Morgan fingerprint density at radius 3 is 2.73 bits per heavy atom. The van der Waals surface area contributed by atoms with Gasteiger partial charge in [0.25, 0.3) is 0 Å². The number of aromatic nitrogens is 3. The topological polar surface area (TPSA) is 66.0 Å². The number of ether oxygens (including phenoxy) is 1. The minimum Gasteiger partial charge on any atom is -0.492 e. The van der Waals surface area contributed by atoms with E-state index in [-0.39, 0.29) is 0 Å². The highest BCUT2D eigenvalue weighted by Gasteiger charge is 2.06. The van der Waals surface area contributed by atoms with Gasteiger partial charge in [0.1, 0.15) is 12.4 Å². The van der Waals surface area contributed by atoms with E-state index >= 15 is 0 Å². The Kier molecular flexibility index (Phi) is 4.05. The average molecular weight is 294 g/mol. The van der Waals surface area contributed by atoms with E-state index in [9.17, 15) is 0 Å². The normalized spacial score (nSPS) is 10.6. The highest BCUT2D eigenvalue weighted by Crippen LogP contribution is 2.19. The largest absolute Gasteiger partial charge is 0.492 e. The SMILES string of the molecule is Cc1cccc(OCCn2nncc2-c2ccc(N)cc2)c1. The summed E-state index contributed by atoms with van der Waals surface area (Å²) in [6.07, 6.45) is 1.75. The first kappa shape index (κ1) is 14.1. The zero-order chi connectivity index (χ0) is 15.4. The quantitative estimate of drug-likeness (QED) is 0.735. The molecule has 0 spiro atoms. The first-order chi connectivity index (χ1) is 10.7. The van der Waals surface area contributed by atoms with Crippen LogP contribution in [0, 0.1) is 6.92 Å².